The number of nitrogens with zero attached hydrogens (tertiary/aromatic N) is 3. The van der Waals surface area contributed by atoms with E-state index in [1.807, 2.05) is 6.92 Å². The van der Waals surface area contributed by atoms with Crippen LogP contribution in [-0.2, 0) is 14.8 Å². The van der Waals surface area contributed by atoms with E-state index in [1.54, 1.807) is 23.0 Å². The maximum atomic E-state index is 11.8. The number of hydrogen-bond acceptors (Lipinski definition) is 5. The van der Waals surface area contributed by atoms with Crippen molar-refractivity contribution in [3.63, 3.8) is 0 Å². The minimum atomic E-state index is -4.00. The summed E-state index contributed by atoms with van der Waals surface area (Å²) in [6, 6.07) is 3.12. The first-order chi connectivity index (χ1) is 9.81. The van der Waals surface area contributed by atoms with Crippen LogP contribution in [0.4, 0.5) is 5.69 Å². The van der Waals surface area contributed by atoms with Crippen LogP contribution in [0.3, 0.4) is 0 Å². The van der Waals surface area contributed by atoms with Gasteiger partial charge in [-0.25, -0.2) is 18.4 Å². The lowest BCUT2D eigenvalue weighted by atomic mass is 10.4. The predicted octanol–water partition coefficient (Wildman–Crippen LogP) is 0.791. The van der Waals surface area contributed by atoms with Gasteiger partial charge in [-0.05, 0) is 26.0 Å². The minimum absolute atomic E-state index is 0.199. The maximum Gasteiger partial charge on any atom is 0.323 e. The number of carboxylic acids is 1. The van der Waals surface area contributed by atoms with Crippen LogP contribution in [0.1, 0.15) is 12.7 Å². The normalized spacial score (nSPS) is 12.9. The van der Waals surface area contributed by atoms with Crippen molar-refractivity contribution in [2.45, 2.75) is 19.1 Å². The van der Waals surface area contributed by atoms with E-state index in [4.69, 9.17) is 5.11 Å². The van der Waals surface area contributed by atoms with Gasteiger partial charge in [-0.1, -0.05) is 0 Å². The Labute approximate surface area is 121 Å². The number of aliphatic carboxylic acids is 1. The van der Waals surface area contributed by atoms with Crippen LogP contribution in [0, 0.1) is 6.92 Å². The van der Waals surface area contributed by atoms with Gasteiger partial charge in [0.2, 0.25) is 10.0 Å². The van der Waals surface area contributed by atoms with Gasteiger partial charge >= 0.3 is 5.97 Å². The second-order valence-corrected chi connectivity index (χ2v) is 6.38. The zero-order valence-corrected chi connectivity index (χ0v) is 12.2. The number of carbonyl (C=O) groups is 1. The molecule has 0 saturated heterocycles. The van der Waals surface area contributed by atoms with Crippen LogP contribution in [-0.4, -0.2) is 39.3 Å². The molecule has 112 valence electrons. The van der Waals surface area contributed by atoms with Crippen molar-refractivity contribution in [3.8, 4) is 5.82 Å². The highest BCUT2D eigenvalue weighted by molar-refractivity contribution is 7.94. The molecule has 9 heteroatoms. The lowest BCUT2D eigenvalue weighted by Gasteiger charge is -2.11. The standard InChI is InChI=1S/C12H14N4O4S/c1-8(12(17)18)21(19,20)15-10-3-4-11(14-7-10)16-6-5-13-9(16)2/h3-8,15H,1-2H3,(H,17,18). The van der Waals surface area contributed by atoms with Crippen LogP contribution in [0.15, 0.2) is 30.7 Å². The molecule has 2 rings (SSSR count). The topological polar surface area (TPSA) is 114 Å². The molecule has 0 spiro atoms. The number of sulfonamides is 1. The molecule has 0 bridgehead atoms. The third kappa shape index (κ3) is 3.19. The van der Waals surface area contributed by atoms with E-state index >= 15 is 0 Å². The van der Waals surface area contributed by atoms with E-state index < -0.39 is 21.2 Å². The molecular formula is C12H14N4O4S. The highest BCUT2D eigenvalue weighted by Crippen LogP contribution is 2.14. The summed E-state index contributed by atoms with van der Waals surface area (Å²) < 4.78 is 27.5. The van der Waals surface area contributed by atoms with E-state index in [1.165, 1.54) is 12.3 Å². The molecule has 21 heavy (non-hydrogen) atoms. The molecule has 0 amide bonds. The summed E-state index contributed by atoms with van der Waals surface area (Å²) in [7, 11) is -4.00. The first-order valence-electron chi connectivity index (χ1n) is 6.02. The Balaban J connectivity index is 2.21. The van der Waals surface area contributed by atoms with Crippen molar-refractivity contribution >= 4 is 21.7 Å². The van der Waals surface area contributed by atoms with Crippen LogP contribution in [0.5, 0.6) is 0 Å². The Bertz CT molecular complexity index is 752. The number of carboxylic acid groups (broad SMARTS) is 1. The molecule has 0 aliphatic carbocycles. The van der Waals surface area contributed by atoms with Gasteiger partial charge in [0, 0.05) is 12.4 Å². The number of aromatic nitrogens is 3. The predicted molar refractivity (Wildman–Crippen MR) is 75.7 cm³/mol. The molecular weight excluding hydrogens is 296 g/mol. The molecule has 0 aromatic carbocycles. The van der Waals surface area contributed by atoms with Crippen molar-refractivity contribution < 1.29 is 18.3 Å². The van der Waals surface area contributed by atoms with Crippen LogP contribution < -0.4 is 4.72 Å². The Morgan fingerprint density at radius 3 is 2.57 bits per heavy atom. The fourth-order valence-electron chi connectivity index (χ4n) is 1.59. The van der Waals surface area contributed by atoms with Gasteiger partial charge in [-0.15, -0.1) is 0 Å². The molecule has 2 aromatic heterocycles. The van der Waals surface area contributed by atoms with E-state index in [0.717, 1.165) is 12.7 Å². The van der Waals surface area contributed by atoms with Gasteiger partial charge in [-0.2, -0.15) is 0 Å². The first-order valence-corrected chi connectivity index (χ1v) is 7.56. The Kier molecular flexibility index (Phi) is 3.94. The van der Waals surface area contributed by atoms with Crippen LogP contribution in [0.25, 0.3) is 5.82 Å². The molecule has 2 aromatic rings. The van der Waals surface area contributed by atoms with Gasteiger partial charge in [0.25, 0.3) is 0 Å². The number of anilines is 1. The highest BCUT2D eigenvalue weighted by Gasteiger charge is 2.27. The lowest BCUT2D eigenvalue weighted by molar-refractivity contribution is -0.136. The number of imidazole rings is 1. The largest absolute Gasteiger partial charge is 0.480 e. The van der Waals surface area contributed by atoms with Crippen molar-refractivity contribution in [2.24, 2.45) is 0 Å². The number of rotatable bonds is 5. The summed E-state index contributed by atoms with van der Waals surface area (Å²) in [6.07, 6.45) is 4.68. The third-order valence-electron chi connectivity index (χ3n) is 2.89. The Hall–Kier alpha value is -2.42. The second-order valence-electron chi connectivity index (χ2n) is 4.38. The summed E-state index contributed by atoms with van der Waals surface area (Å²) in [5.41, 5.74) is 0.199. The van der Waals surface area contributed by atoms with E-state index in [-0.39, 0.29) is 5.69 Å². The molecule has 0 saturated carbocycles. The van der Waals surface area contributed by atoms with Crippen molar-refractivity contribution in [2.75, 3.05) is 4.72 Å². The minimum Gasteiger partial charge on any atom is -0.480 e. The number of aryl methyl sites for hydroxylation is 1. The average molecular weight is 310 g/mol. The number of hydrogen-bond donors (Lipinski definition) is 2. The SMILES string of the molecule is Cc1nccn1-c1ccc(NS(=O)(=O)C(C)C(=O)O)cn1. The summed E-state index contributed by atoms with van der Waals surface area (Å²) in [5.74, 6) is -0.0873. The molecule has 1 unspecified atom stereocenters. The summed E-state index contributed by atoms with van der Waals surface area (Å²) >= 11 is 0. The first kappa shape index (κ1) is 15.0. The second kappa shape index (κ2) is 5.52. The molecule has 0 aliphatic rings. The smallest absolute Gasteiger partial charge is 0.323 e. The maximum absolute atomic E-state index is 11.8. The molecule has 0 aliphatic heterocycles. The third-order valence-corrected chi connectivity index (χ3v) is 4.55. The molecule has 2 N–H and O–H groups in total. The number of nitrogens with one attached hydrogen (secondary N) is 1. The summed E-state index contributed by atoms with van der Waals surface area (Å²) in [4.78, 5) is 18.9. The fourth-order valence-corrected chi connectivity index (χ4v) is 2.49. The van der Waals surface area contributed by atoms with Gasteiger partial charge in [0.05, 0.1) is 11.9 Å². The van der Waals surface area contributed by atoms with Gasteiger partial charge in [-0.3, -0.25) is 14.1 Å². The zero-order valence-electron chi connectivity index (χ0n) is 11.4. The monoisotopic (exact) mass is 310 g/mol. The fraction of sp³-hybridized carbons (Fsp3) is 0.250. The van der Waals surface area contributed by atoms with E-state index in [0.29, 0.717) is 5.82 Å². The Morgan fingerprint density at radius 2 is 2.10 bits per heavy atom. The molecule has 2 heterocycles. The van der Waals surface area contributed by atoms with E-state index in [2.05, 4.69) is 14.7 Å². The van der Waals surface area contributed by atoms with Crippen molar-refractivity contribution in [1.29, 1.82) is 0 Å². The zero-order chi connectivity index (χ0) is 15.6. The van der Waals surface area contributed by atoms with Crippen LogP contribution >= 0.6 is 0 Å². The molecule has 0 fully saturated rings. The number of pyridine rings is 1. The van der Waals surface area contributed by atoms with E-state index in [9.17, 15) is 13.2 Å². The van der Waals surface area contributed by atoms with Gasteiger partial charge < -0.3 is 5.11 Å². The summed E-state index contributed by atoms with van der Waals surface area (Å²) in [6.45, 7) is 2.91. The lowest BCUT2D eigenvalue weighted by Crippen LogP contribution is -2.32. The van der Waals surface area contributed by atoms with Gasteiger partial charge in [0.1, 0.15) is 11.6 Å². The molecule has 8 nitrogen and oxygen atoms in total. The summed E-state index contributed by atoms with van der Waals surface area (Å²) in [5, 5.41) is 7.20. The van der Waals surface area contributed by atoms with Gasteiger partial charge in [0.15, 0.2) is 5.25 Å². The quantitative estimate of drug-likeness (QED) is 0.844. The highest BCUT2D eigenvalue weighted by atomic mass is 32.2. The Morgan fingerprint density at radius 1 is 1.38 bits per heavy atom. The van der Waals surface area contributed by atoms with Crippen LogP contribution in [0.2, 0.25) is 0 Å². The average Bonchev–Trinajstić information content (AvgIpc) is 2.84. The molecule has 1 atom stereocenters. The van der Waals surface area contributed by atoms with Crippen molar-refractivity contribution in [3.05, 3.63) is 36.5 Å². The molecule has 0 radical (unpaired) electrons. The van der Waals surface area contributed by atoms with Crippen molar-refractivity contribution in [1.82, 2.24) is 14.5 Å².